The summed E-state index contributed by atoms with van der Waals surface area (Å²) in [5.74, 6) is -0.316. The predicted molar refractivity (Wildman–Crippen MR) is 99.9 cm³/mol. The lowest BCUT2D eigenvalue weighted by atomic mass is 9.90. The van der Waals surface area contributed by atoms with Crippen molar-refractivity contribution in [2.75, 3.05) is 18.7 Å². The standard InChI is InChI=1S/C18H28N2O3Si/c1-6-16-15(12-13-23-24(3,4)5)17(18(21)22-2)19-20(16)14-10-8-7-9-11-14/h7-11,15-16H,6,12-13H2,1-5H3/t15-,16-/m0/s1. The molecule has 6 heteroatoms. The van der Waals surface area contributed by atoms with E-state index in [1.165, 1.54) is 7.11 Å². The third-order valence-electron chi connectivity index (χ3n) is 4.14. The third kappa shape index (κ3) is 4.45. The summed E-state index contributed by atoms with van der Waals surface area (Å²) >= 11 is 0. The van der Waals surface area contributed by atoms with E-state index in [-0.39, 0.29) is 17.9 Å². The molecule has 0 bridgehead atoms. The first-order valence-corrected chi connectivity index (χ1v) is 11.9. The fourth-order valence-corrected chi connectivity index (χ4v) is 3.75. The molecule has 0 saturated heterocycles. The van der Waals surface area contributed by atoms with Gasteiger partial charge in [-0.3, -0.25) is 5.01 Å². The fraction of sp³-hybridized carbons (Fsp3) is 0.556. The molecule has 0 aliphatic carbocycles. The van der Waals surface area contributed by atoms with E-state index in [9.17, 15) is 4.79 Å². The van der Waals surface area contributed by atoms with Gasteiger partial charge in [0.15, 0.2) is 14.0 Å². The summed E-state index contributed by atoms with van der Waals surface area (Å²) < 4.78 is 11.0. The van der Waals surface area contributed by atoms with Gasteiger partial charge < -0.3 is 9.16 Å². The van der Waals surface area contributed by atoms with Gasteiger partial charge in [-0.15, -0.1) is 0 Å². The predicted octanol–water partition coefficient (Wildman–Crippen LogP) is 3.67. The van der Waals surface area contributed by atoms with Gasteiger partial charge in [0, 0.05) is 12.5 Å². The maximum atomic E-state index is 12.2. The number of para-hydroxylation sites is 1. The van der Waals surface area contributed by atoms with Gasteiger partial charge in [0.05, 0.1) is 18.8 Å². The van der Waals surface area contributed by atoms with Crippen LogP contribution < -0.4 is 5.01 Å². The van der Waals surface area contributed by atoms with Crippen molar-refractivity contribution in [3.63, 3.8) is 0 Å². The number of hydrogen-bond donors (Lipinski definition) is 0. The maximum absolute atomic E-state index is 12.2. The minimum Gasteiger partial charge on any atom is -0.464 e. The summed E-state index contributed by atoms with van der Waals surface area (Å²) in [4.78, 5) is 12.2. The van der Waals surface area contributed by atoms with Gasteiger partial charge in [0.1, 0.15) is 0 Å². The van der Waals surface area contributed by atoms with Gasteiger partial charge in [-0.1, -0.05) is 25.1 Å². The van der Waals surface area contributed by atoms with Gasteiger partial charge in [0.2, 0.25) is 0 Å². The van der Waals surface area contributed by atoms with Gasteiger partial charge in [0.25, 0.3) is 0 Å². The summed E-state index contributed by atoms with van der Waals surface area (Å²) in [5.41, 5.74) is 1.51. The van der Waals surface area contributed by atoms with Crippen LogP contribution in [-0.4, -0.2) is 39.8 Å². The Morgan fingerprint density at radius 2 is 1.92 bits per heavy atom. The van der Waals surface area contributed by atoms with Crippen LogP contribution in [0.2, 0.25) is 19.6 Å². The van der Waals surface area contributed by atoms with Crippen LogP contribution in [-0.2, 0) is 14.0 Å². The Kier molecular flexibility index (Phi) is 6.18. The molecular formula is C18H28N2O3Si. The smallest absolute Gasteiger partial charge is 0.354 e. The van der Waals surface area contributed by atoms with E-state index in [1.807, 2.05) is 35.3 Å². The average molecular weight is 349 g/mol. The number of carbonyl (C=O) groups excluding carboxylic acids is 1. The molecule has 24 heavy (non-hydrogen) atoms. The van der Waals surface area contributed by atoms with Gasteiger partial charge >= 0.3 is 5.97 Å². The number of benzene rings is 1. The number of methoxy groups -OCH3 is 1. The van der Waals surface area contributed by atoms with E-state index >= 15 is 0 Å². The number of carbonyl (C=O) groups is 1. The van der Waals surface area contributed by atoms with Crippen LogP contribution >= 0.6 is 0 Å². The zero-order chi connectivity index (χ0) is 17.7. The van der Waals surface area contributed by atoms with Gasteiger partial charge in [-0.2, -0.15) is 5.10 Å². The highest BCUT2D eigenvalue weighted by molar-refractivity contribution is 6.69. The molecule has 1 aromatic carbocycles. The van der Waals surface area contributed by atoms with Crippen LogP contribution in [0, 0.1) is 5.92 Å². The molecule has 2 atom stereocenters. The van der Waals surface area contributed by atoms with Crippen LogP contribution in [0.3, 0.4) is 0 Å². The Morgan fingerprint density at radius 1 is 1.25 bits per heavy atom. The van der Waals surface area contributed by atoms with Gasteiger partial charge in [-0.25, -0.2) is 4.79 Å². The molecule has 1 aromatic rings. The van der Waals surface area contributed by atoms with Crippen LogP contribution in [0.25, 0.3) is 0 Å². The highest BCUT2D eigenvalue weighted by Crippen LogP contribution is 2.32. The van der Waals surface area contributed by atoms with Crippen LogP contribution in [0.5, 0.6) is 0 Å². The Balaban J connectivity index is 2.23. The lowest BCUT2D eigenvalue weighted by Crippen LogP contribution is -2.36. The van der Waals surface area contributed by atoms with Crippen molar-refractivity contribution in [1.82, 2.24) is 0 Å². The molecule has 0 fully saturated rings. The lowest BCUT2D eigenvalue weighted by Gasteiger charge is -2.27. The van der Waals surface area contributed by atoms with Crippen molar-refractivity contribution in [1.29, 1.82) is 0 Å². The Morgan fingerprint density at radius 3 is 2.46 bits per heavy atom. The van der Waals surface area contributed by atoms with Crippen LogP contribution in [0.4, 0.5) is 5.69 Å². The molecule has 0 saturated carbocycles. The molecule has 1 heterocycles. The molecule has 1 aliphatic rings. The van der Waals surface area contributed by atoms with E-state index in [1.54, 1.807) is 0 Å². The molecular weight excluding hydrogens is 320 g/mol. The number of ether oxygens (including phenoxy) is 1. The number of anilines is 1. The Hall–Kier alpha value is -1.66. The second-order valence-electron chi connectivity index (χ2n) is 6.99. The monoisotopic (exact) mass is 348 g/mol. The van der Waals surface area contributed by atoms with Crippen molar-refractivity contribution in [3.8, 4) is 0 Å². The van der Waals surface area contributed by atoms with E-state index in [4.69, 9.17) is 9.16 Å². The third-order valence-corrected chi connectivity index (χ3v) is 5.21. The molecule has 132 valence electrons. The maximum Gasteiger partial charge on any atom is 0.354 e. The van der Waals surface area contributed by atoms with Crippen molar-refractivity contribution < 1.29 is 14.0 Å². The van der Waals surface area contributed by atoms with Crippen molar-refractivity contribution in [2.24, 2.45) is 11.0 Å². The molecule has 0 radical (unpaired) electrons. The van der Waals surface area contributed by atoms with Crippen molar-refractivity contribution in [3.05, 3.63) is 30.3 Å². The second-order valence-corrected chi connectivity index (χ2v) is 11.5. The van der Waals surface area contributed by atoms with E-state index < -0.39 is 8.32 Å². The normalized spacial score (nSPS) is 20.9. The Bertz CT molecular complexity index is 584. The summed E-state index contributed by atoms with van der Waals surface area (Å²) in [6.07, 6.45) is 1.68. The van der Waals surface area contributed by atoms with E-state index in [0.717, 1.165) is 18.5 Å². The average Bonchev–Trinajstić information content (AvgIpc) is 2.92. The van der Waals surface area contributed by atoms with Crippen LogP contribution in [0.1, 0.15) is 19.8 Å². The topological polar surface area (TPSA) is 51.1 Å². The summed E-state index contributed by atoms with van der Waals surface area (Å²) in [5, 5.41) is 6.57. The zero-order valence-electron chi connectivity index (χ0n) is 15.3. The van der Waals surface area contributed by atoms with E-state index in [0.29, 0.717) is 12.3 Å². The number of nitrogens with zero attached hydrogens (tertiary/aromatic N) is 2. The summed E-state index contributed by atoms with van der Waals surface area (Å²) in [6.45, 7) is 9.29. The molecule has 0 amide bonds. The Labute approximate surface area is 145 Å². The quantitative estimate of drug-likeness (QED) is 0.557. The van der Waals surface area contributed by atoms with Gasteiger partial charge in [-0.05, 0) is 44.6 Å². The summed E-state index contributed by atoms with van der Waals surface area (Å²) in [6, 6.07) is 10.1. The molecule has 0 spiro atoms. The number of hydrogen-bond acceptors (Lipinski definition) is 5. The van der Waals surface area contributed by atoms with Crippen molar-refractivity contribution >= 4 is 25.7 Å². The highest BCUT2D eigenvalue weighted by Gasteiger charge is 2.40. The largest absolute Gasteiger partial charge is 0.464 e. The molecule has 0 N–H and O–H groups in total. The summed E-state index contributed by atoms with van der Waals surface area (Å²) in [7, 11) is -0.160. The number of rotatable bonds is 7. The first-order valence-electron chi connectivity index (χ1n) is 8.52. The zero-order valence-corrected chi connectivity index (χ0v) is 16.3. The molecule has 0 aromatic heterocycles. The highest BCUT2D eigenvalue weighted by atomic mass is 28.4. The van der Waals surface area contributed by atoms with Crippen molar-refractivity contribution in [2.45, 2.75) is 45.4 Å². The SMILES string of the molecule is CC[C@H]1[C@H](CCO[Si](C)(C)C)C(C(=O)OC)=NN1c1ccccc1. The first kappa shape index (κ1) is 18.7. The lowest BCUT2D eigenvalue weighted by molar-refractivity contribution is -0.133. The molecule has 1 aliphatic heterocycles. The number of esters is 1. The van der Waals surface area contributed by atoms with Crippen LogP contribution in [0.15, 0.2) is 35.4 Å². The minimum absolute atomic E-state index is 0.0269. The second kappa shape index (κ2) is 7.94. The first-order chi connectivity index (χ1) is 11.4. The molecule has 2 rings (SSSR count). The fourth-order valence-electron chi connectivity index (χ4n) is 3.02. The molecule has 5 nitrogen and oxygen atoms in total. The minimum atomic E-state index is -1.57. The molecule has 0 unspecified atom stereocenters. The number of hydrazone groups is 1. The van der Waals surface area contributed by atoms with E-state index in [2.05, 4.69) is 31.7 Å².